The smallest absolute Gasteiger partial charge is 0.244 e. The van der Waals surface area contributed by atoms with E-state index in [1.165, 1.54) is 17.0 Å². The number of carbonyl (C=O) groups excluding carboxylic acids is 1. The van der Waals surface area contributed by atoms with E-state index in [4.69, 9.17) is 9.47 Å². The zero-order chi connectivity index (χ0) is 19.9. The average Bonchev–Trinajstić information content (AvgIpc) is 3.10. The number of H-pyrrole nitrogens is 1. The van der Waals surface area contributed by atoms with Crippen molar-refractivity contribution in [1.82, 2.24) is 10.3 Å². The predicted octanol–water partition coefficient (Wildman–Crippen LogP) is 4.34. The van der Waals surface area contributed by atoms with Crippen molar-refractivity contribution in [3.63, 3.8) is 0 Å². The Balaban J connectivity index is 1.55. The molecule has 0 aliphatic carbocycles. The highest BCUT2D eigenvalue weighted by molar-refractivity contribution is 5.91. The molecular formula is C23H26N2O3. The van der Waals surface area contributed by atoms with E-state index >= 15 is 0 Å². The number of ether oxygens (including phenoxy) is 2. The Morgan fingerprint density at radius 1 is 1.18 bits per heavy atom. The van der Waals surface area contributed by atoms with Crippen molar-refractivity contribution < 1.29 is 14.3 Å². The van der Waals surface area contributed by atoms with Crippen molar-refractivity contribution in [3.05, 3.63) is 65.9 Å². The maximum Gasteiger partial charge on any atom is 0.244 e. The molecule has 0 radical (unpaired) electrons. The van der Waals surface area contributed by atoms with Gasteiger partial charge < -0.3 is 19.8 Å². The van der Waals surface area contributed by atoms with Gasteiger partial charge in [-0.05, 0) is 55.7 Å². The van der Waals surface area contributed by atoms with E-state index in [1.807, 2.05) is 56.4 Å². The van der Waals surface area contributed by atoms with Gasteiger partial charge in [-0.3, -0.25) is 4.79 Å². The minimum absolute atomic E-state index is 0.0678. The van der Waals surface area contributed by atoms with E-state index in [2.05, 4.69) is 16.4 Å². The Hall–Kier alpha value is -3.21. The van der Waals surface area contributed by atoms with E-state index in [0.29, 0.717) is 18.0 Å². The molecule has 2 N–H and O–H groups in total. The number of hydrogen-bond donors (Lipinski definition) is 2. The first-order valence-corrected chi connectivity index (χ1v) is 9.42. The highest BCUT2D eigenvalue weighted by Gasteiger charge is 2.07. The lowest BCUT2D eigenvalue weighted by Gasteiger charge is -2.13. The van der Waals surface area contributed by atoms with Crippen molar-refractivity contribution in [2.75, 3.05) is 13.7 Å². The summed E-state index contributed by atoms with van der Waals surface area (Å²) in [5.74, 6) is 1.22. The number of benzene rings is 2. The zero-order valence-corrected chi connectivity index (χ0v) is 16.5. The molecule has 0 spiro atoms. The van der Waals surface area contributed by atoms with Crippen molar-refractivity contribution in [1.29, 1.82) is 0 Å². The number of hydrogen-bond acceptors (Lipinski definition) is 3. The topological polar surface area (TPSA) is 63.3 Å². The SMILES string of the molecule is COc1cc(/C=C/C(=O)NCCc2c[nH]c3ccccc23)ccc1OC(C)C. The Bertz CT molecular complexity index is 973. The second-order valence-corrected chi connectivity index (χ2v) is 6.81. The van der Waals surface area contributed by atoms with Crippen molar-refractivity contribution in [2.45, 2.75) is 26.4 Å². The fraction of sp³-hybridized carbons (Fsp3) is 0.261. The normalized spacial score (nSPS) is 11.3. The van der Waals surface area contributed by atoms with Crippen LogP contribution in [0.25, 0.3) is 17.0 Å². The Labute approximate surface area is 165 Å². The summed E-state index contributed by atoms with van der Waals surface area (Å²) in [6.45, 7) is 4.51. The summed E-state index contributed by atoms with van der Waals surface area (Å²) in [5.41, 5.74) is 3.19. The molecule has 0 aliphatic rings. The Morgan fingerprint density at radius 2 is 2.00 bits per heavy atom. The van der Waals surface area contributed by atoms with E-state index in [-0.39, 0.29) is 12.0 Å². The van der Waals surface area contributed by atoms with E-state index in [1.54, 1.807) is 13.2 Å². The quantitative estimate of drug-likeness (QED) is 0.573. The molecule has 0 saturated carbocycles. The molecule has 0 saturated heterocycles. The molecule has 0 atom stereocenters. The van der Waals surface area contributed by atoms with Crippen LogP contribution in [0.4, 0.5) is 0 Å². The molecule has 0 aliphatic heterocycles. The molecule has 5 heteroatoms. The fourth-order valence-corrected chi connectivity index (χ4v) is 3.03. The van der Waals surface area contributed by atoms with Crippen LogP contribution in [0.3, 0.4) is 0 Å². The molecule has 0 fully saturated rings. The van der Waals surface area contributed by atoms with Crippen molar-refractivity contribution >= 4 is 22.9 Å². The number of carbonyl (C=O) groups is 1. The lowest BCUT2D eigenvalue weighted by molar-refractivity contribution is -0.116. The van der Waals surface area contributed by atoms with Gasteiger partial charge in [0, 0.05) is 29.7 Å². The predicted molar refractivity (Wildman–Crippen MR) is 113 cm³/mol. The molecule has 5 nitrogen and oxygen atoms in total. The minimum Gasteiger partial charge on any atom is -0.493 e. The van der Waals surface area contributed by atoms with Crippen LogP contribution in [-0.4, -0.2) is 30.6 Å². The molecule has 0 unspecified atom stereocenters. The summed E-state index contributed by atoms with van der Waals surface area (Å²) in [5, 5.41) is 4.12. The number of methoxy groups -OCH3 is 1. The monoisotopic (exact) mass is 378 g/mol. The highest BCUT2D eigenvalue weighted by Crippen LogP contribution is 2.29. The number of fused-ring (bicyclic) bond motifs is 1. The standard InChI is InChI=1S/C23H26N2O3/c1-16(2)28-21-10-8-17(14-22(21)27-3)9-11-23(26)24-13-12-18-15-25-20-7-5-4-6-19(18)20/h4-11,14-16,25H,12-13H2,1-3H3,(H,24,26)/b11-9+. The van der Waals surface area contributed by atoms with Crippen LogP contribution >= 0.6 is 0 Å². The first-order valence-electron chi connectivity index (χ1n) is 9.42. The Morgan fingerprint density at radius 3 is 2.79 bits per heavy atom. The van der Waals surface area contributed by atoms with Crippen LogP contribution < -0.4 is 14.8 Å². The van der Waals surface area contributed by atoms with Gasteiger partial charge in [-0.15, -0.1) is 0 Å². The molecule has 146 valence electrons. The van der Waals surface area contributed by atoms with Gasteiger partial charge in [-0.2, -0.15) is 0 Å². The largest absolute Gasteiger partial charge is 0.493 e. The molecule has 0 bridgehead atoms. The van der Waals surface area contributed by atoms with Gasteiger partial charge in [0.15, 0.2) is 11.5 Å². The maximum absolute atomic E-state index is 12.1. The minimum atomic E-state index is -0.124. The first kappa shape index (κ1) is 19.5. The summed E-state index contributed by atoms with van der Waals surface area (Å²) in [6.07, 6.45) is 6.15. The Kier molecular flexibility index (Phi) is 6.37. The molecule has 1 amide bonds. The third-order valence-electron chi connectivity index (χ3n) is 4.35. The number of para-hydroxylation sites is 1. The fourth-order valence-electron chi connectivity index (χ4n) is 3.03. The van der Waals surface area contributed by atoms with Gasteiger partial charge in [0.1, 0.15) is 0 Å². The van der Waals surface area contributed by atoms with Crippen LogP contribution in [0.2, 0.25) is 0 Å². The molecule has 2 aromatic carbocycles. The van der Waals surface area contributed by atoms with E-state index < -0.39 is 0 Å². The van der Waals surface area contributed by atoms with Gasteiger partial charge in [-0.25, -0.2) is 0 Å². The third-order valence-corrected chi connectivity index (χ3v) is 4.35. The summed E-state index contributed by atoms with van der Waals surface area (Å²) < 4.78 is 11.1. The third kappa shape index (κ3) is 4.94. The second kappa shape index (κ2) is 9.13. The van der Waals surface area contributed by atoms with E-state index in [9.17, 15) is 4.79 Å². The van der Waals surface area contributed by atoms with Gasteiger partial charge in [0.05, 0.1) is 13.2 Å². The highest BCUT2D eigenvalue weighted by atomic mass is 16.5. The average molecular weight is 378 g/mol. The zero-order valence-electron chi connectivity index (χ0n) is 16.5. The van der Waals surface area contributed by atoms with Crippen LogP contribution in [0.1, 0.15) is 25.0 Å². The van der Waals surface area contributed by atoms with Crippen molar-refractivity contribution in [2.24, 2.45) is 0 Å². The second-order valence-electron chi connectivity index (χ2n) is 6.81. The molecule has 28 heavy (non-hydrogen) atoms. The molecule has 1 heterocycles. The van der Waals surface area contributed by atoms with E-state index in [0.717, 1.165) is 17.5 Å². The lowest BCUT2D eigenvalue weighted by atomic mass is 10.1. The summed E-state index contributed by atoms with van der Waals surface area (Å²) >= 11 is 0. The summed E-state index contributed by atoms with van der Waals surface area (Å²) in [6, 6.07) is 13.8. The van der Waals surface area contributed by atoms with Crippen LogP contribution in [0.5, 0.6) is 11.5 Å². The molecule has 3 rings (SSSR count). The number of amides is 1. The number of aromatic nitrogens is 1. The first-order chi connectivity index (χ1) is 13.6. The number of rotatable bonds is 8. The molecule has 3 aromatic rings. The molecule has 1 aromatic heterocycles. The number of aromatic amines is 1. The van der Waals surface area contributed by atoms with Gasteiger partial charge in [0.25, 0.3) is 0 Å². The summed E-state index contributed by atoms with van der Waals surface area (Å²) in [7, 11) is 1.60. The van der Waals surface area contributed by atoms with Crippen LogP contribution in [-0.2, 0) is 11.2 Å². The summed E-state index contributed by atoms with van der Waals surface area (Å²) in [4.78, 5) is 15.4. The molecular weight excluding hydrogens is 352 g/mol. The number of nitrogens with one attached hydrogen (secondary N) is 2. The lowest BCUT2D eigenvalue weighted by Crippen LogP contribution is -2.23. The van der Waals surface area contributed by atoms with Crippen LogP contribution in [0, 0.1) is 0 Å². The van der Waals surface area contributed by atoms with Gasteiger partial charge in [-0.1, -0.05) is 24.3 Å². The van der Waals surface area contributed by atoms with Gasteiger partial charge >= 0.3 is 0 Å². The maximum atomic E-state index is 12.1. The van der Waals surface area contributed by atoms with Crippen LogP contribution in [0.15, 0.2) is 54.7 Å². The van der Waals surface area contributed by atoms with Gasteiger partial charge in [0.2, 0.25) is 5.91 Å². The van der Waals surface area contributed by atoms with Crippen molar-refractivity contribution in [3.8, 4) is 11.5 Å².